The van der Waals surface area contributed by atoms with E-state index in [0.717, 1.165) is 7.11 Å². The molecule has 1 N–H and O–H groups in total. The summed E-state index contributed by atoms with van der Waals surface area (Å²) in [5.41, 5.74) is 1.39. The molecule has 1 atom stereocenters. The Labute approximate surface area is 115 Å². The molecule has 0 spiro atoms. The minimum atomic E-state index is -1.49. The van der Waals surface area contributed by atoms with E-state index in [0.29, 0.717) is 0 Å². The van der Waals surface area contributed by atoms with Gasteiger partial charge < -0.3 is 14.2 Å². The van der Waals surface area contributed by atoms with Crippen LogP contribution in [-0.2, 0) is 23.8 Å². The third-order valence-electron chi connectivity index (χ3n) is 1.67. The molecule has 0 bridgehead atoms. The monoisotopic (exact) mass is 294 g/mol. The quantitative estimate of drug-likeness (QED) is 0.250. The maximum atomic E-state index is 11.6. The fraction of sp³-hybridized carbons (Fsp3) is 0.600. The van der Waals surface area contributed by atoms with E-state index in [4.69, 9.17) is 11.6 Å². The van der Waals surface area contributed by atoms with Gasteiger partial charge in [-0.05, 0) is 13.8 Å². The van der Waals surface area contributed by atoms with Crippen molar-refractivity contribution in [3.63, 3.8) is 0 Å². The topological polar surface area (TPSA) is 103 Å². The van der Waals surface area contributed by atoms with Crippen molar-refractivity contribution in [2.24, 2.45) is 5.10 Å². The highest BCUT2D eigenvalue weighted by Gasteiger charge is 2.30. The Morgan fingerprint density at radius 3 is 2.26 bits per heavy atom. The molecule has 0 rings (SSSR count). The van der Waals surface area contributed by atoms with E-state index in [1.165, 1.54) is 0 Å². The van der Waals surface area contributed by atoms with E-state index < -0.39 is 29.1 Å². The number of halogens is 1. The van der Waals surface area contributed by atoms with Gasteiger partial charge in [0.05, 0.1) is 20.3 Å². The maximum Gasteiger partial charge on any atom is 0.427 e. The molecule has 0 aliphatic carbocycles. The molecule has 0 aliphatic heterocycles. The zero-order valence-electron chi connectivity index (χ0n) is 10.8. The van der Waals surface area contributed by atoms with Gasteiger partial charge in [-0.3, -0.25) is 4.79 Å². The van der Waals surface area contributed by atoms with E-state index in [1.807, 2.05) is 5.43 Å². The van der Waals surface area contributed by atoms with Gasteiger partial charge >= 0.3 is 18.0 Å². The van der Waals surface area contributed by atoms with Gasteiger partial charge in [0.1, 0.15) is 0 Å². The van der Waals surface area contributed by atoms with E-state index in [1.54, 1.807) is 13.8 Å². The van der Waals surface area contributed by atoms with Gasteiger partial charge in [-0.25, -0.2) is 15.0 Å². The summed E-state index contributed by atoms with van der Waals surface area (Å²) in [6.07, 6.45) is -0.922. The summed E-state index contributed by atoms with van der Waals surface area (Å²) < 4.78 is 13.6. The molecule has 0 heterocycles. The number of esters is 2. The van der Waals surface area contributed by atoms with Crippen LogP contribution in [0.1, 0.15) is 13.8 Å². The van der Waals surface area contributed by atoms with Gasteiger partial charge in [0.2, 0.25) is 0 Å². The maximum absolute atomic E-state index is 11.6. The van der Waals surface area contributed by atoms with Gasteiger partial charge in [-0.15, -0.1) is 11.6 Å². The number of methoxy groups -OCH3 is 1. The van der Waals surface area contributed by atoms with Crippen molar-refractivity contribution in [3.05, 3.63) is 0 Å². The zero-order valence-corrected chi connectivity index (χ0v) is 11.5. The average Bonchev–Trinajstić information content (AvgIpc) is 2.38. The molecule has 1 amide bonds. The van der Waals surface area contributed by atoms with Gasteiger partial charge in [0.15, 0.2) is 11.1 Å². The predicted molar refractivity (Wildman–Crippen MR) is 65.9 cm³/mol. The van der Waals surface area contributed by atoms with E-state index >= 15 is 0 Å². The predicted octanol–water partition coefficient (Wildman–Crippen LogP) is 0.432. The third-order valence-corrected chi connectivity index (χ3v) is 2.06. The molecule has 9 heteroatoms. The number of rotatable bonds is 6. The third kappa shape index (κ3) is 6.05. The summed E-state index contributed by atoms with van der Waals surface area (Å²) in [5.74, 6) is -1.81. The molecule has 0 fully saturated rings. The molecular weight excluding hydrogens is 280 g/mol. The SMILES string of the molecule is CCOC(=O)/C(=N\NC(=O)OC)C(Cl)C(=O)OCC. The fourth-order valence-electron chi connectivity index (χ4n) is 0.889. The molecule has 19 heavy (non-hydrogen) atoms. The second-order valence-electron chi connectivity index (χ2n) is 2.94. The van der Waals surface area contributed by atoms with Crippen LogP contribution in [0.3, 0.4) is 0 Å². The van der Waals surface area contributed by atoms with Crippen LogP contribution < -0.4 is 5.43 Å². The van der Waals surface area contributed by atoms with Crippen LogP contribution in [0.2, 0.25) is 0 Å². The Balaban J connectivity index is 4.99. The van der Waals surface area contributed by atoms with E-state index in [2.05, 4.69) is 19.3 Å². The first kappa shape index (κ1) is 17.2. The van der Waals surface area contributed by atoms with Crippen molar-refractivity contribution < 1.29 is 28.6 Å². The molecule has 0 aromatic rings. The Bertz CT molecular complexity index is 371. The summed E-state index contributed by atoms with van der Waals surface area (Å²) in [6.45, 7) is 3.29. The highest BCUT2D eigenvalue weighted by atomic mass is 35.5. The van der Waals surface area contributed by atoms with Crippen LogP contribution >= 0.6 is 11.6 Å². The summed E-state index contributed by atoms with van der Waals surface area (Å²) in [4.78, 5) is 33.8. The second-order valence-corrected chi connectivity index (χ2v) is 3.37. The highest BCUT2D eigenvalue weighted by Crippen LogP contribution is 2.05. The number of nitrogens with zero attached hydrogens (tertiary/aromatic N) is 1. The lowest BCUT2D eigenvalue weighted by molar-refractivity contribution is -0.143. The molecule has 0 aromatic carbocycles. The van der Waals surface area contributed by atoms with E-state index in [-0.39, 0.29) is 13.2 Å². The van der Waals surface area contributed by atoms with Gasteiger partial charge in [-0.2, -0.15) is 5.10 Å². The van der Waals surface area contributed by atoms with Gasteiger partial charge in [0.25, 0.3) is 0 Å². The first-order valence-corrected chi connectivity index (χ1v) is 5.80. The van der Waals surface area contributed by atoms with Crippen LogP contribution in [0.4, 0.5) is 4.79 Å². The van der Waals surface area contributed by atoms with Crippen molar-refractivity contribution >= 4 is 35.3 Å². The van der Waals surface area contributed by atoms with Gasteiger partial charge in [-0.1, -0.05) is 0 Å². The average molecular weight is 295 g/mol. The minimum absolute atomic E-state index is 0.0580. The summed E-state index contributed by atoms with van der Waals surface area (Å²) in [5, 5.41) is 1.91. The first-order valence-electron chi connectivity index (χ1n) is 5.37. The Kier molecular flexibility index (Phi) is 8.27. The van der Waals surface area contributed by atoms with Crippen molar-refractivity contribution in [1.29, 1.82) is 0 Å². The number of alkyl halides is 1. The standard InChI is InChI=1S/C10H15ClN2O6/c1-4-18-8(14)6(11)7(9(15)19-5-2)12-13-10(16)17-3/h6H,4-5H2,1-3H3,(H,13,16)/b12-7-. The molecule has 0 saturated carbocycles. The number of carbonyl (C=O) groups is 3. The van der Waals surface area contributed by atoms with Crippen molar-refractivity contribution in [2.45, 2.75) is 19.2 Å². The number of carbonyl (C=O) groups excluding carboxylic acids is 3. The molecule has 0 saturated heterocycles. The second kappa shape index (κ2) is 9.15. The number of amides is 1. The molecule has 0 aliphatic rings. The van der Waals surface area contributed by atoms with Crippen LogP contribution in [0.5, 0.6) is 0 Å². The molecular formula is C10H15ClN2O6. The summed E-state index contributed by atoms with van der Waals surface area (Å²) in [6, 6.07) is 0. The van der Waals surface area contributed by atoms with E-state index in [9.17, 15) is 14.4 Å². The highest BCUT2D eigenvalue weighted by molar-refractivity contribution is 6.55. The normalized spacial score (nSPS) is 12.3. The number of hydrogen-bond donors (Lipinski definition) is 1. The summed E-state index contributed by atoms with van der Waals surface area (Å²) in [7, 11) is 1.11. The minimum Gasteiger partial charge on any atom is -0.465 e. The van der Waals surface area contributed by atoms with Crippen molar-refractivity contribution in [1.82, 2.24) is 5.43 Å². The van der Waals surface area contributed by atoms with Crippen LogP contribution in [-0.4, -0.2) is 49.4 Å². The number of ether oxygens (including phenoxy) is 3. The molecule has 1 unspecified atom stereocenters. The molecule has 8 nitrogen and oxygen atoms in total. The lowest BCUT2D eigenvalue weighted by Crippen LogP contribution is -2.36. The Morgan fingerprint density at radius 1 is 1.21 bits per heavy atom. The van der Waals surface area contributed by atoms with Crippen molar-refractivity contribution in [2.75, 3.05) is 20.3 Å². The first-order chi connectivity index (χ1) is 8.97. The summed E-state index contributed by atoms with van der Waals surface area (Å²) >= 11 is 5.74. The fourth-order valence-corrected chi connectivity index (χ4v) is 1.09. The van der Waals surface area contributed by atoms with Crippen LogP contribution in [0, 0.1) is 0 Å². The molecule has 0 aromatic heterocycles. The van der Waals surface area contributed by atoms with Gasteiger partial charge in [0, 0.05) is 0 Å². The van der Waals surface area contributed by atoms with Crippen LogP contribution in [0.25, 0.3) is 0 Å². The zero-order chi connectivity index (χ0) is 14.8. The van der Waals surface area contributed by atoms with Crippen LogP contribution in [0.15, 0.2) is 5.10 Å². The lowest BCUT2D eigenvalue weighted by Gasteiger charge is -2.11. The van der Waals surface area contributed by atoms with Crippen molar-refractivity contribution in [3.8, 4) is 0 Å². The Hall–Kier alpha value is -1.83. The molecule has 108 valence electrons. The lowest BCUT2D eigenvalue weighted by atomic mass is 10.2. The number of hydrogen-bond acceptors (Lipinski definition) is 7. The Morgan fingerprint density at radius 2 is 1.79 bits per heavy atom. The molecule has 0 radical (unpaired) electrons. The largest absolute Gasteiger partial charge is 0.465 e. The smallest absolute Gasteiger partial charge is 0.427 e. The number of nitrogens with one attached hydrogen (secondary N) is 1. The number of hydrazone groups is 1.